The Balaban J connectivity index is 1.40. The van der Waals surface area contributed by atoms with Gasteiger partial charge < -0.3 is 9.64 Å². The Hall–Kier alpha value is -3.59. The number of piperazine rings is 1. The summed E-state index contributed by atoms with van der Waals surface area (Å²) >= 11 is 0. The summed E-state index contributed by atoms with van der Waals surface area (Å²) in [5, 5.41) is 15.2. The summed E-state index contributed by atoms with van der Waals surface area (Å²) in [5.74, 6) is -0.335. The van der Waals surface area contributed by atoms with Crippen molar-refractivity contribution in [2.24, 2.45) is 0 Å². The molecule has 3 aliphatic heterocycles. The fraction of sp³-hybridized carbons (Fsp3) is 0.517. The van der Waals surface area contributed by atoms with Crippen LogP contribution in [0.15, 0.2) is 59.5 Å². The number of fused-ring (bicyclic) bond motifs is 1. The molecule has 2 aromatic rings. The molecule has 3 fully saturated rings. The number of nitrogens with zero attached hydrogens (tertiary/aromatic N) is 4. The number of carbonyl (C=O) groups is 2. The van der Waals surface area contributed by atoms with Crippen LogP contribution in [0.1, 0.15) is 39.2 Å². The number of benzene rings is 2. The highest BCUT2D eigenvalue weighted by Crippen LogP contribution is 2.38. The molecule has 0 radical (unpaired) electrons. The van der Waals surface area contributed by atoms with Crippen LogP contribution in [0.2, 0.25) is 0 Å². The normalized spacial score (nSPS) is 22.4. The predicted octanol–water partition coefficient (Wildman–Crippen LogP) is 2.29. The molecular formula is C29H38N6O7S. The summed E-state index contributed by atoms with van der Waals surface area (Å²) < 4.78 is 34.9. The molecule has 1 spiro atoms. The predicted molar refractivity (Wildman–Crippen MR) is 157 cm³/mol. The highest BCUT2D eigenvalue weighted by atomic mass is 32.2. The first-order valence-corrected chi connectivity index (χ1v) is 15.8. The van der Waals surface area contributed by atoms with Crippen LogP contribution in [-0.2, 0) is 26.1 Å². The number of carbonyl (C=O) groups excluding carboxylic acids is 2. The molecule has 3 saturated heterocycles. The fourth-order valence-electron chi connectivity index (χ4n) is 6.17. The average Bonchev–Trinajstić information content (AvgIpc) is 3.28. The Kier molecular flexibility index (Phi) is 8.24. The van der Waals surface area contributed by atoms with Gasteiger partial charge in [0, 0.05) is 44.3 Å². The van der Waals surface area contributed by atoms with E-state index in [1.54, 1.807) is 25.7 Å². The standard InChI is InChI=1S/C29H38N6O7S/c1-27(2,3)42-26(37)33-18-25(36)34-20-28(13-15-32(16-14-28)17-22-9-5-4-6-10-22)31-29(34,21-33)19-30-43(40,41)24-12-8-7-11-23(24)35(38)39/h4-12,30-31H,13-21H2,1-3H3. The van der Waals surface area contributed by atoms with E-state index in [2.05, 4.69) is 27.1 Å². The van der Waals surface area contributed by atoms with Gasteiger partial charge in [-0.2, -0.15) is 0 Å². The first-order valence-electron chi connectivity index (χ1n) is 14.3. The molecule has 2 N–H and O–H groups in total. The maximum atomic E-state index is 13.6. The summed E-state index contributed by atoms with van der Waals surface area (Å²) in [6.07, 6.45) is 0.727. The molecular weight excluding hydrogens is 576 g/mol. The largest absolute Gasteiger partial charge is 0.444 e. The lowest BCUT2D eigenvalue weighted by Gasteiger charge is -2.46. The molecule has 2 amide bonds. The molecule has 0 saturated carbocycles. The number of nitrogens with one attached hydrogen (secondary N) is 2. The number of likely N-dealkylation sites (tertiary alicyclic amines) is 1. The van der Waals surface area contributed by atoms with Crippen LogP contribution < -0.4 is 10.0 Å². The summed E-state index contributed by atoms with van der Waals surface area (Å²) in [6.45, 7) is 7.32. The van der Waals surface area contributed by atoms with E-state index < -0.39 is 48.4 Å². The summed E-state index contributed by atoms with van der Waals surface area (Å²) in [5.41, 5.74) is -1.93. The third-order valence-corrected chi connectivity index (χ3v) is 9.62. The molecule has 43 heavy (non-hydrogen) atoms. The number of para-hydroxylation sites is 1. The minimum atomic E-state index is -4.36. The maximum Gasteiger partial charge on any atom is 0.410 e. The van der Waals surface area contributed by atoms with Gasteiger partial charge in [-0.05, 0) is 45.2 Å². The SMILES string of the molecule is CC(C)(C)OC(=O)N1CC(=O)N2CC3(CCN(Cc4ccccc4)CC3)NC2(CNS(=O)(=O)c2ccccc2[N+](=O)[O-])C1. The lowest BCUT2D eigenvalue weighted by Crippen LogP contribution is -2.72. The molecule has 5 rings (SSSR count). The highest BCUT2D eigenvalue weighted by Gasteiger charge is 2.59. The summed E-state index contributed by atoms with van der Waals surface area (Å²) in [6, 6.07) is 15.3. The van der Waals surface area contributed by atoms with Gasteiger partial charge in [0.15, 0.2) is 4.90 Å². The van der Waals surface area contributed by atoms with Crippen LogP contribution in [0.4, 0.5) is 10.5 Å². The quantitative estimate of drug-likeness (QED) is 0.353. The van der Waals surface area contributed by atoms with Crippen molar-refractivity contribution in [2.75, 3.05) is 39.3 Å². The smallest absolute Gasteiger partial charge is 0.410 e. The van der Waals surface area contributed by atoms with Gasteiger partial charge >= 0.3 is 6.09 Å². The van der Waals surface area contributed by atoms with Gasteiger partial charge in [-0.25, -0.2) is 17.9 Å². The van der Waals surface area contributed by atoms with Crippen LogP contribution in [0.25, 0.3) is 0 Å². The molecule has 0 aromatic heterocycles. The van der Waals surface area contributed by atoms with E-state index in [0.29, 0.717) is 19.4 Å². The second kappa shape index (κ2) is 11.5. The number of sulfonamides is 1. The molecule has 13 nitrogen and oxygen atoms in total. The second-order valence-corrected chi connectivity index (χ2v) is 14.3. The number of rotatable bonds is 7. The van der Waals surface area contributed by atoms with E-state index in [1.807, 2.05) is 18.2 Å². The number of hydrogen-bond acceptors (Lipinski definition) is 9. The van der Waals surface area contributed by atoms with Crippen molar-refractivity contribution in [1.29, 1.82) is 0 Å². The lowest BCUT2D eigenvalue weighted by molar-refractivity contribution is -0.387. The van der Waals surface area contributed by atoms with Crippen LogP contribution in [0.3, 0.4) is 0 Å². The van der Waals surface area contributed by atoms with E-state index >= 15 is 0 Å². The van der Waals surface area contributed by atoms with Gasteiger partial charge in [0.25, 0.3) is 5.69 Å². The van der Waals surface area contributed by atoms with E-state index in [-0.39, 0.29) is 25.5 Å². The van der Waals surface area contributed by atoms with E-state index in [1.165, 1.54) is 28.7 Å². The number of piperidine rings is 1. The number of nitro groups is 1. The highest BCUT2D eigenvalue weighted by molar-refractivity contribution is 7.89. The number of nitro benzene ring substituents is 1. The van der Waals surface area contributed by atoms with Gasteiger partial charge in [0.1, 0.15) is 17.8 Å². The Morgan fingerprint density at radius 3 is 2.37 bits per heavy atom. The van der Waals surface area contributed by atoms with E-state index in [9.17, 15) is 28.1 Å². The third-order valence-electron chi connectivity index (χ3n) is 8.17. The minimum Gasteiger partial charge on any atom is -0.444 e. The second-order valence-electron chi connectivity index (χ2n) is 12.6. The van der Waals surface area contributed by atoms with Crippen LogP contribution in [-0.4, -0.2) is 96.1 Å². The molecule has 1 unspecified atom stereocenters. The van der Waals surface area contributed by atoms with Crippen molar-refractivity contribution < 1.29 is 27.7 Å². The fourth-order valence-corrected chi connectivity index (χ4v) is 7.43. The number of hydrogen-bond donors (Lipinski definition) is 2. The Morgan fingerprint density at radius 1 is 1.07 bits per heavy atom. The van der Waals surface area contributed by atoms with Crippen molar-refractivity contribution >= 4 is 27.7 Å². The van der Waals surface area contributed by atoms with Crippen molar-refractivity contribution in [3.63, 3.8) is 0 Å². The summed E-state index contributed by atoms with van der Waals surface area (Å²) in [4.78, 5) is 42.3. The van der Waals surface area contributed by atoms with Crippen LogP contribution in [0.5, 0.6) is 0 Å². The van der Waals surface area contributed by atoms with Crippen LogP contribution in [0, 0.1) is 10.1 Å². The molecule has 3 heterocycles. The number of amides is 2. The van der Waals surface area contributed by atoms with Gasteiger partial charge in [0.05, 0.1) is 11.5 Å². The monoisotopic (exact) mass is 614 g/mol. The molecule has 1 atom stereocenters. The molecule has 0 aliphatic carbocycles. The zero-order valence-corrected chi connectivity index (χ0v) is 25.4. The van der Waals surface area contributed by atoms with Gasteiger partial charge in [0.2, 0.25) is 15.9 Å². The van der Waals surface area contributed by atoms with Crippen LogP contribution >= 0.6 is 0 Å². The van der Waals surface area contributed by atoms with Gasteiger partial charge in [-0.1, -0.05) is 42.5 Å². The first-order chi connectivity index (χ1) is 20.2. The average molecular weight is 615 g/mol. The van der Waals surface area contributed by atoms with Crippen molar-refractivity contribution in [3.05, 3.63) is 70.3 Å². The molecule has 0 bridgehead atoms. The Labute approximate surface area is 251 Å². The van der Waals surface area contributed by atoms with Gasteiger partial charge in [-0.3, -0.25) is 30.0 Å². The van der Waals surface area contributed by atoms with E-state index in [0.717, 1.165) is 25.7 Å². The van der Waals surface area contributed by atoms with Crippen molar-refractivity contribution in [3.8, 4) is 0 Å². The topological polar surface area (TPSA) is 154 Å². The molecule has 3 aliphatic rings. The van der Waals surface area contributed by atoms with Gasteiger partial charge in [-0.15, -0.1) is 0 Å². The molecule has 14 heteroatoms. The maximum absolute atomic E-state index is 13.6. The van der Waals surface area contributed by atoms with Crippen molar-refractivity contribution in [2.45, 2.75) is 61.9 Å². The zero-order valence-electron chi connectivity index (χ0n) is 24.6. The Bertz CT molecular complexity index is 1490. The Morgan fingerprint density at radius 2 is 1.72 bits per heavy atom. The lowest BCUT2D eigenvalue weighted by atomic mass is 9.88. The minimum absolute atomic E-state index is 0.0253. The first kappa shape index (κ1) is 30.9. The molecule has 2 aromatic carbocycles. The molecule has 232 valence electrons. The summed E-state index contributed by atoms with van der Waals surface area (Å²) in [7, 11) is -4.36. The number of ether oxygens (including phenoxy) is 1. The van der Waals surface area contributed by atoms with Crippen molar-refractivity contribution in [1.82, 2.24) is 24.7 Å². The third kappa shape index (κ3) is 6.66. The van der Waals surface area contributed by atoms with E-state index in [4.69, 9.17) is 4.74 Å². The zero-order chi connectivity index (χ0) is 31.0.